The summed E-state index contributed by atoms with van der Waals surface area (Å²) < 4.78 is 5.66. The third-order valence-electron chi connectivity index (χ3n) is 4.77. The van der Waals surface area contributed by atoms with Gasteiger partial charge in [0.2, 0.25) is 5.91 Å². The van der Waals surface area contributed by atoms with E-state index in [-0.39, 0.29) is 39.9 Å². The summed E-state index contributed by atoms with van der Waals surface area (Å²) in [5.41, 5.74) is 11.4. The van der Waals surface area contributed by atoms with Gasteiger partial charge in [0.1, 0.15) is 41.0 Å². The Morgan fingerprint density at radius 3 is 2.64 bits per heavy atom. The van der Waals surface area contributed by atoms with Crippen molar-refractivity contribution in [3.05, 3.63) is 39.9 Å². The van der Waals surface area contributed by atoms with Crippen LogP contribution in [0.2, 0.25) is 4.34 Å². The number of anilines is 1. The van der Waals surface area contributed by atoms with Gasteiger partial charge in [0.15, 0.2) is 17.5 Å². The zero-order valence-electron chi connectivity index (χ0n) is 17.4. The van der Waals surface area contributed by atoms with E-state index in [1.165, 1.54) is 4.90 Å². The largest absolute Gasteiger partial charge is 0.490 e. The van der Waals surface area contributed by atoms with Crippen molar-refractivity contribution < 1.29 is 24.3 Å². The topological polar surface area (TPSA) is 189 Å². The lowest BCUT2D eigenvalue weighted by atomic mass is 9.97. The second kappa shape index (κ2) is 10.5. The van der Waals surface area contributed by atoms with Gasteiger partial charge in [-0.25, -0.2) is 4.98 Å². The van der Waals surface area contributed by atoms with E-state index < -0.39 is 30.6 Å². The van der Waals surface area contributed by atoms with Crippen LogP contribution in [0.25, 0.3) is 0 Å². The predicted octanol–water partition coefficient (Wildman–Crippen LogP) is 0.128. The van der Waals surface area contributed by atoms with Crippen LogP contribution in [0, 0.1) is 5.41 Å². The van der Waals surface area contributed by atoms with Gasteiger partial charge in [-0.05, 0) is 31.2 Å². The molecule has 1 aromatic carbocycles. The van der Waals surface area contributed by atoms with Gasteiger partial charge in [-0.3, -0.25) is 15.0 Å². The summed E-state index contributed by atoms with van der Waals surface area (Å²) in [7, 11) is 0. The Kier molecular flexibility index (Phi) is 7.68. The number of benzene rings is 1. The predicted molar refractivity (Wildman–Crippen MR) is 122 cm³/mol. The first kappa shape index (κ1) is 24.2. The Morgan fingerprint density at radius 1 is 1.39 bits per heavy atom. The van der Waals surface area contributed by atoms with Crippen molar-refractivity contribution in [2.24, 2.45) is 10.9 Å². The lowest BCUT2D eigenvalue weighted by Gasteiger charge is -2.44. The number of aliphatic hydroxyl groups is 1. The second-order valence-corrected chi connectivity index (χ2v) is 8.51. The molecule has 0 spiro atoms. The number of hydrogen-bond donors (Lipinski definition) is 5. The van der Waals surface area contributed by atoms with E-state index in [0.29, 0.717) is 11.3 Å². The van der Waals surface area contributed by atoms with Crippen molar-refractivity contribution in [3.63, 3.8) is 0 Å². The van der Waals surface area contributed by atoms with Gasteiger partial charge in [-0.2, -0.15) is 0 Å². The third kappa shape index (κ3) is 5.50. The van der Waals surface area contributed by atoms with Crippen molar-refractivity contribution in [1.82, 2.24) is 15.2 Å². The van der Waals surface area contributed by atoms with Gasteiger partial charge in [-0.15, -0.1) is 0 Å². The molecule has 2 aromatic rings. The van der Waals surface area contributed by atoms with Gasteiger partial charge >= 0.3 is 0 Å². The van der Waals surface area contributed by atoms with Crippen LogP contribution < -0.4 is 21.5 Å². The first-order chi connectivity index (χ1) is 15.7. The molecule has 2 atom stereocenters. The van der Waals surface area contributed by atoms with Crippen LogP contribution in [0.4, 0.5) is 5.13 Å². The van der Waals surface area contributed by atoms with Crippen LogP contribution in [0.3, 0.4) is 0 Å². The lowest BCUT2D eigenvalue weighted by Crippen LogP contribution is -2.70. The molecular formula is C19H22ClN7O5S. The summed E-state index contributed by atoms with van der Waals surface area (Å²) in [6.07, 6.45) is 0. The highest BCUT2D eigenvalue weighted by Gasteiger charge is 2.45. The number of nitrogens with zero attached hydrogens (tertiary/aromatic N) is 3. The molecule has 14 heteroatoms. The Morgan fingerprint density at radius 2 is 2.09 bits per heavy atom. The summed E-state index contributed by atoms with van der Waals surface area (Å²) in [6.45, 7) is 1.33. The van der Waals surface area contributed by atoms with Crippen molar-refractivity contribution in [2.75, 3.05) is 25.7 Å². The molecule has 0 radical (unpaired) electrons. The fourth-order valence-electron chi connectivity index (χ4n) is 2.97. The summed E-state index contributed by atoms with van der Waals surface area (Å²) in [6, 6.07) is 5.38. The Balaban J connectivity index is 1.63. The number of ether oxygens (including phenoxy) is 1. The molecule has 1 saturated heterocycles. The smallest absolute Gasteiger partial charge is 0.276 e. The van der Waals surface area contributed by atoms with Gasteiger partial charge in [0.05, 0.1) is 6.04 Å². The number of aromatic nitrogens is 1. The molecule has 1 aromatic heterocycles. The molecular weight excluding hydrogens is 474 g/mol. The standard InChI is InChI=1S/C19H22ClN7O5S/c1-9-12(18(30)27(9)8-28)24-17(29)14(13-15(20)33-19(23)25-13)26-32-7-6-31-11-4-2-10(3-5-11)16(21)22/h2-5,9,12,28H,6-8H2,1H3,(H3,21,22)(H2,23,25)(H,24,29)/b26-14-/t9-,12-/m0/s1. The number of oxime groups is 1. The van der Waals surface area contributed by atoms with Gasteiger partial charge in [-0.1, -0.05) is 28.1 Å². The SMILES string of the molecule is C[C@H]1[C@H](NC(=O)/C(=N\OCCOc2ccc(C(=N)N)cc2)c2nc(N)sc2Cl)C(=O)N1CO. The Labute approximate surface area is 197 Å². The average Bonchev–Trinajstić information content (AvgIpc) is 3.12. The first-order valence-corrected chi connectivity index (χ1v) is 10.8. The average molecular weight is 496 g/mol. The van der Waals surface area contributed by atoms with Crippen LogP contribution in [0.1, 0.15) is 18.2 Å². The number of amidine groups is 1. The van der Waals surface area contributed by atoms with Crippen molar-refractivity contribution in [3.8, 4) is 5.75 Å². The van der Waals surface area contributed by atoms with Crippen LogP contribution in [-0.4, -0.2) is 70.4 Å². The molecule has 0 bridgehead atoms. The van der Waals surface area contributed by atoms with Crippen LogP contribution in [-0.2, 0) is 14.4 Å². The number of carbonyl (C=O) groups excluding carboxylic acids is 2. The van der Waals surface area contributed by atoms with E-state index in [1.54, 1.807) is 31.2 Å². The van der Waals surface area contributed by atoms with Crippen molar-refractivity contribution in [2.45, 2.75) is 19.0 Å². The van der Waals surface area contributed by atoms with E-state index in [9.17, 15) is 14.7 Å². The number of nitrogens with one attached hydrogen (secondary N) is 2. The normalized spacial score (nSPS) is 18.0. The molecule has 33 heavy (non-hydrogen) atoms. The van der Waals surface area contributed by atoms with E-state index in [4.69, 9.17) is 38.1 Å². The fraction of sp³-hybridized carbons (Fsp3) is 0.316. The van der Waals surface area contributed by atoms with Crippen LogP contribution in [0.15, 0.2) is 29.4 Å². The molecule has 7 N–H and O–H groups in total. The number of hydrogen-bond acceptors (Lipinski definition) is 10. The molecule has 0 unspecified atom stereocenters. The number of aliphatic hydroxyl groups excluding tert-OH is 1. The number of likely N-dealkylation sites (tertiary alicyclic amines) is 1. The third-order valence-corrected chi connectivity index (χ3v) is 5.85. The number of halogens is 1. The van der Waals surface area contributed by atoms with Crippen LogP contribution >= 0.6 is 22.9 Å². The summed E-state index contributed by atoms with van der Waals surface area (Å²) in [5, 5.41) is 23.1. The van der Waals surface area contributed by atoms with Gasteiger partial charge in [0, 0.05) is 5.56 Å². The molecule has 2 amide bonds. The molecule has 12 nitrogen and oxygen atoms in total. The first-order valence-electron chi connectivity index (χ1n) is 9.64. The molecule has 0 aliphatic carbocycles. The summed E-state index contributed by atoms with van der Waals surface area (Å²) in [5.74, 6) is -0.669. The quantitative estimate of drug-likeness (QED) is 0.101. The van der Waals surface area contributed by atoms with E-state index >= 15 is 0 Å². The number of nitrogens with two attached hydrogens (primary N) is 2. The molecule has 1 fully saturated rings. The maximum atomic E-state index is 12.8. The maximum absolute atomic E-state index is 12.8. The highest BCUT2D eigenvalue weighted by molar-refractivity contribution is 7.19. The lowest BCUT2D eigenvalue weighted by molar-refractivity contribution is -0.157. The monoisotopic (exact) mass is 495 g/mol. The highest BCUT2D eigenvalue weighted by Crippen LogP contribution is 2.27. The minimum atomic E-state index is -0.828. The summed E-state index contributed by atoms with van der Waals surface area (Å²) >= 11 is 7.09. The highest BCUT2D eigenvalue weighted by atomic mass is 35.5. The minimum Gasteiger partial charge on any atom is -0.490 e. The Bertz CT molecular complexity index is 1070. The van der Waals surface area contributed by atoms with E-state index in [2.05, 4.69) is 15.5 Å². The Hall–Kier alpha value is -3.42. The molecule has 176 valence electrons. The zero-order valence-corrected chi connectivity index (χ0v) is 19.0. The molecule has 0 saturated carbocycles. The van der Waals surface area contributed by atoms with E-state index in [0.717, 1.165) is 11.3 Å². The molecule has 2 heterocycles. The van der Waals surface area contributed by atoms with Crippen LogP contribution in [0.5, 0.6) is 5.75 Å². The molecule has 1 aliphatic heterocycles. The van der Waals surface area contributed by atoms with Crippen molar-refractivity contribution >= 4 is 51.4 Å². The zero-order chi connectivity index (χ0) is 24.1. The van der Waals surface area contributed by atoms with E-state index in [1.807, 2.05) is 0 Å². The number of thiazole rings is 1. The minimum absolute atomic E-state index is 0.0144. The van der Waals surface area contributed by atoms with Gasteiger partial charge in [0.25, 0.3) is 5.91 Å². The molecule has 1 aliphatic rings. The van der Waals surface area contributed by atoms with Crippen molar-refractivity contribution in [1.29, 1.82) is 5.41 Å². The second-order valence-electron chi connectivity index (χ2n) is 6.88. The number of amides is 2. The number of β-lactam (4-membered cyclic amide) rings is 1. The number of rotatable bonds is 10. The van der Waals surface area contributed by atoms with Gasteiger partial charge < -0.3 is 36.4 Å². The number of nitrogen functional groups attached to an aromatic ring is 2. The molecule has 3 rings (SSSR count). The maximum Gasteiger partial charge on any atom is 0.276 e. The summed E-state index contributed by atoms with van der Waals surface area (Å²) in [4.78, 5) is 35.3. The number of carbonyl (C=O) groups is 2. The fourth-order valence-corrected chi connectivity index (χ4v) is 3.90.